The van der Waals surface area contributed by atoms with Crippen LogP contribution in [0.5, 0.6) is 11.5 Å². The smallest absolute Gasteiger partial charge is 0.423 e. The minimum absolute atomic E-state index is 0.0148. The first-order chi connectivity index (χ1) is 20.6. The van der Waals surface area contributed by atoms with Crippen molar-refractivity contribution in [2.45, 2.75) is 30.4 Å². The van der Waals surface area contributed by atoms with E-state index in [4.69, 9.17) is 18.6 Å². The van der Waals surface area contributed by atoms with Gasteiger partial charge in [-0.2, -0.15) is 22.7 Å². The predicted molar refractivity (Wildman–Crippen MR) is 150 cm³/mol. The molecule has 10 nitrogen and oxygen atoms in total. The topological polar surface area (TPSA) is 129 Å². The first-order valence-electron chi connectivity index (χ1n) is 12.9. The van der Waals surface area contributed by atoms with Crippen LogP contribution >= 0.6 is 0 Å². The van der Waals surface area contributed by atoms with Gasteiger partial charge in [-0.3, -0.25) is 4.98 Å². The maximum Gasteiger partial charge on any atom is 0.423 e. The van der Waals surface area contributed by atoms with Gasteiger partial charge in [0.15, 0.2) is 12.4 Å². The number of benzene rings is 2. The predicted octanol–water partition coefficient (Wildman–Crippen LogP) is 5.55. The quantitative estimate of drug-likeness (QED) is 0.113. The van der Waals surface area contributed by atoms with Gasteiger partial charge in [-0.25, -0.2) is 9.59 Å². The molecule has 14 heteroatoms. The number of para-hydroxylation sites is 2. The summed E-state index contributed by atoms with van der Waals surface area (Å²) in [5.41, 5.74) is 1.30. The van der Waals surface area contributed by atoms with Crippen LogP contribution in [0.1, 0.15) is 17.7 Å². The zero-order valence-corrected chi connectivity index (χ0v) is 23.4. The zero-order chi connectivity index (χ0) is 30.6. The third kappa shape index (κ3) is 7.27. The lowest BCUT2D eigenvalue weighted by Gasteiger charge is -2.15. The minimum Gasteiger partial charge on any atom is -0.609 e. The van der Waals surface area contributed by atoms with Crippen molar-refractivity contribution >= 4 is 39.3 Å². The van der Waals surface area contributed by atoms with E-state index >= 15 is 0 Å². The van der Waals surface area contributed by atoms with E-state index in [0.29, 0.717) is 39.7 Å². The molecule has 1 unspecified atom stereocenters. The molecule has 0 aliphatic rings. The molecule has 0 amide bonds. The van der Waals surface area contributed by atoms with Crippen molar-refractivity contribution in [2.75, 3.05) is 19.8 Å². The number of carbonyl (C=O) groups excluding carboxylic acids is 1. The van der Waals surface area contributed by atoms with Gasteiger partial charge in [-0.05, 0) is 49.4 Å². The van der Waals surface area contributed by atoms with Crippen LogP contribution < -0.4 is 15.1 Å². The summed E-state index contributed by atoms with van der Waals surface area (Å²) in [6, 6.07) is 15.9. The summed E-state index contributed by atoms with van der Waals surface area (Å²) in [6.07, 6.45) is -3.72. The molecule has 0 saturated carbocycles. The summed E-state index contributed by atoms with van der Waals surface area (Å²) in [7, 11) is 0. The number of ether oxygens (including phenoxy) is 3. The molecule has 0 saturated heterocycles. The molecule has 3 aromatic heterocycles. The summed E-state index contributed by atoms with van der Waals surface area (Å²) >= 11 is -1.93. The maximum atomic E-state index is 13.4. The van der Waals surface area contributed by atoms with E-state index in [0.717, 1.165) is 4.57 Å². The molecule has 43 heavy (non-hydrogen) atoms. The largest absolute Gasteiger partial charge is 0.609 e. The van der Waals surface area contributed by atoms with Crippen molar-refractivity contribution in [3.63, 3.8) is 0 Å². The molecular weight excluding hydrogens is 591 g/mol. The summed E-state index contributed by atoms with van der Waals surface area (Å²) < 4.78 is 73.6. The molecule has 2 aromatic carbocycles. The molecule has 0 N–H and O–H groups in total. The Morgan fingerprint density at radius 1 is 1.07 bits per heavy atom. The molecule has 0 aliphatic heterocycles. The van der Waals surface area contributed by atoms with Gasteiger partial charge >= 0.3 is 23.1 Å². The van der Waals surface area contributed by atoms with E-state index < -0.39 is 35.7 Å². The monoisotopic (exact) mass is 615 g/mol. The number of nitrogens with zero attached hydrogens (tertiary/aromatic N) is 3. The number of imidazole rings is 1. The van der Waals surface area contributed by atoms with Crippen LogP contribution in [-0.4, -0.2) is 51.2 Å². The molecule has 0 radical (unpaired) electrons. The average Bonchev–Trinajstić information content (AvgIpc) is 3.37. The van der Waals surface area contributed by atoms with Gasteiger partial charge in [0.1, 0.15) is 17.1 Å². The zero-order valence-electron chi connectivity index (χ0n) is 22.6. The van der Waals surface area contributed by atoms with Crippen LogP contribution in [0, 0.1) is 6.92 Å². The van der Waals surface area contributed by atoms with Gasteiger partial charge in [0.05, 0.1) is 29.9 Å². The number of carbonyl (C=O) groups is 1. The Kier molecular flexibility index (Phi) is 8.87. The van der Waals surface area contributed by atoms with Crippen molar-refractivity contribution in [3.05, 3.63) is 88.5 Å². The highest BCUT2D eigenvalue weighted by atomic mass is 32.2. The van der Waals surface area contributed by atoms with Crippen molar-refractivity contribution in [3.8, 4) is 11.5 Å². The van der Waals surface area contributed by atoms with E-state index in [1.165, 1.54) is 25.3 Å². The highest BCUT2D eigenvalue weighted by Gasteiger charge is 2.30. The average molecular weight is 616 g/mol. The molecule has 224 valence electrons. The number of rotatable bonds is 10. The Hall–Kier alpha value is -4.56. The number of aromatic nitrogens is 3. The Labute approximate surface area is 245 Å². The first kappa shape index (κ1) is 29.9. The first-order valence-corrected chi connectivity index (χ1v) is 14.2. The van der Waals surface area contributed by atoms with Gasteiger partial charge in [-0.15, -0.1) is 0 Å². The van der Waals surface area contributed by atoms with E-state index in [1.54, 1.807) is 48.5 Å². The lowest BCUT2D eigenvalue weighted by atomic mass is 10.2. The Balaban J connectivity index is 1.24. The van der Waals surface area contributed by atoms with Crippen LogP contribution in [0.2, 0.25) is 0 Å². The number of alkyl halides is 3. The molecule has 5 rings (SSSR count). The van der Waals surface area contributed by atoms with E-state index in [1.807, 2.05) is 0 Å². The van der Waals surface area contributed by atoms with E-state index in [2.05, 4.69) is 9.97 Å². The standard InChI is InChI=1S/C29H24F3N3O7S/c1-18-22(33-12-11-24(18)41-17-29(30,31)32)16-43(38)27-34-21-5-2-3-6-23(21)35(27)28(37)40-14-4-13-39-20-8-9-25-19(15-20)7-10-26(36)42-25/h2-3,5-12,15H,4,13-14,16-17H2,1H3. The third-order valence-corrected chi connectivity index (χ3v) is 7.42. The summed E-state index contributed by atoms with van der Waals surface area (Å²) in [6.45, 7) is 0.241. The number of hydrogen-bond acceptors (Lipinski definition) is 9. The SMILES string of the molecule is Cc1c(OCC(F)(F)F)ccnc1C[S+]([O-])c1nc2ccccc2n1C(=O)OCCCOc1ccc2oc(=O)ccc2c1. The third-order valence-electron chi connectivity index (χ3n) is 6.21. The minimum atomic E-state index is -4.52. The summed E-state index contributed by atoms with van der Waals surface area (Å²) in [4.78, 5) is 33.0. The summed E-state index contributed by atoms with van der Waals surface area (Å²) in [5, 5.41) is 0.607. The van der Waals surface area contributed by atoms with E-state index in [9.17, 15) is 27.3 Å². The van der Waals surface area contributed by atoms with Crippen molar-refractivity contribution < 1.29 is 41.1 Å². The second-order valence-corrected chi connectivity index (χ2v) is 10.6. The maximum absolute atomic E-state index is 13.4. The second-order valence-electron chi connectivity index (χ2n) is 9.26. The number of hydrogen-bond donors (Lipinski definition) is 0. The van der Waals surface area contributed by atoms with Gasteiger partial charge in [0, 0.05) is 40.8 Å². The fourth-order valence-corrected chi connectivity index (χ4v) is 5.40. The van der Waals surface area contributed by atoms with Crippen molar-refractivity contribution in [1.29, 1.82) is 0 Å². The molecule has 5 aromatic rings. The highest BCUT2D eigenvalue weighted by Crippen LogP contribution is 2.27. The Bertz CT molecular complexity index is 1820. The molecule has 3 heterocycles. The van der Waals surface area contributed by atoms with Crippen LogP contribution in [-0.2, 0) is 21.7 Å². The van der Waals surface area contributed by atoms with Gasteiger partial charge < -0.3 is 23.2 Å². The fourth-order valence-electron chi connectivity index (χ4n) is 4.15. The molecule has 0 spiro atoms. The van der Waals surface area contributed by atoms with Gasteiger partial charge in [-0.1, -0.05) is 12.1 Å². The number of halogens is 3. The van der Waals surface area contributed by atoms with Crippen LogP contribution in [0.4, 0.5) is 18.0 Å². The number of pyridine rings is 1. The Morgan fingerprint density at radius 3 is 2.70 bits per heavy atom. The molecule has 0 fully saturated rings. The lowest BCUT2D eigenvalue weighted by Crippen LogP contribution is -2.22. The van der Waals surface area contributed by atoms with Gasteiger partial charge in [0.2, 0.25) is 0 Å². The van der Waals surface area contributed by atoms with Gasteiger partial charge in [0.25, 0.3) is 0 Å². The van der Waals surface area contributed by atoms with E-state index in [-0.39, 0.29) is 35.6 Å². The number of fused-ring (bicyclic) bond motifs is 2. The fraction of sp³-hybridized carbons (Fsp3) is 0.241. The van der Waals surface area contributed by atoms with Crippen LogP contribution in [0.25, 0.3) is 22.0 Å². The molecule has 0 bridgehead atoms. The summed E-state index contributed by atoms with van der Waals surface area (Å²) in [5.74, 6) is 0.279. The molecule has 0 aliphatic carbocycles. The van der Waals surface area contributed by atoms with Crippen LogP contribution in [0.15, 0.2) is 81.2 Å². The lowest BCUT2D eigenvalue weighted by molar-refractivity contribution is -0.153. The molecular formula is C29H24F3N3O7S. The van der Waals surface area contributed by atoms with Crippen molar-refractivity contribution in [2.24, 2.45) is 0 Å². The van der Waals surface area contributed by atoms with Crippen molar-refractivity contribution in [1.82, 2.24) is 14.5 Å². The molecule has 1 atom stereocenters. The highest BCUT2D eigenvalue weighted by molar-refractivity contribution is 7.90. The second kappa shape index (κ2) is 12.8. The Morgan fingerprint density at radius 2 is 1.88 bits per heavy atom. The normalized spacial score (nSPS) is 12.4. The van der Waals surface area contributed by atoms with Crippen LogP contribution in [0.3, 0.4) is 0 Å².